The van der Waals surface area contributed by atoms with E-state index in [1.54, 1.807) is 34.6 Å². The second kappa shape index (κ2) is 13.0. The van der Waals surface area contributed by atoms with Crippen molar-refractivity contribution >= 4 is 39.9 Å². The van der Waals surface area contributed by atoms with Crippen LogP contribution >= 0.6 is 0 Å². The van der Waals surface area contributed by atoms with E-state index in [0.29, 0.717) is 17.9 Å². The molecule has 258 valence electrons. The first kappa shape index (κ1) is 32.4. The van der Waals surface area contributed by atoms with Gasteiger partial charge in [0, 0.05) is 107 Å². The van der Waals surface area contributed by atoms with Gasteiger partial charge in [0.05, 0.1) is 29.3 Å². The van der Waals surface area contributed by atoms with Crippen LogP contribution in [-0.4, -0.2) is 93.5 Å². The fourth-order valence-electron chi connectivity index (χ4n) is 7.61. The van der Waals surface area contributed by atoms with Gasteiger partial charge in [-0.15, -0.1) is 0 Å². The largest absolute Gasteiger partial charge is 0.490 e. The van der Waals surface area contributed by atoms with E-state index in [0.717, 1.165) is 86.7 Å². The molecule has 1 unspecified atom stereocenters. The van der Waals surface area contributed by atoms with E-state index in [-0.39, 0.29) is 29.5 Å². The number of aromatic nitrogens is 4. The van der Waals surface area contributed by atoms with Crippen LogP contribution in [0.3, 0.4) is 0 Å². The van der Waals surface area contributed by atoms with Crippen molar-refractivity contribution in [2.45, 2.75) is 31.7 Å². The summed E-state index contributed by atoms with van der Waals surface area (Å²) in [5.41, 5.74) is 4.70. The van der Waals surface area contributed by atoms with Gasteiger partial charge in [-0.3, -0.25) is 43.7 Å². The van der Waals surface area contributed by atoms with Gasteiger partial charge in [-0.1, -0.05) is 0 Å². The lowest BCUT2D eigenvalue weighted by molar-refractivity contribution is -0.385. The van der Waals surface area contributed by atoms with Crippen LogP contribution < -0.4 is 25.5 Å². The lowest BCUT2D eigenvalue weighted by Gasteiger charge is -2.40. The number of nitrogens with zero attached hydrogens (tertiary/aromatic N) is 8. The summed E-state index contributed by atoms with van der Waals surface area (Å²) < 4.78 is 10.2. The Morgan fingerprint density at radius 2 is 1.71 bits per heavy atom. The summed E-state index contributed by atoms with van der Waals surface area (Å²) in [7, 11) is 5.01. The van der Waals surface area contributed by atoms with E-state index < -0.39 is 16.9 Å². The van der Waals surface area contributed by atoms with Crippen molar-refractivity contribution in [3.8, 4) is 16.9 Å². The SMILES string of the molecule is COc1cc(N2CCC(CN3CCN(c4ccc5c(c4)n(C)c(=O)n5C4CCC(=O)NC4=O)CC3)CC2)c(-c2cnn(C)c2)cc1[N+](=O)[O-]. The Kier molecular flexibility index (Phi) is 8.61. The number of rotatable bonds is 8. The van der Waals surface area contributed by atoms with Crippen molar-refractivity contribution in [1.82, 2.24) is 29.1 Å². The number of ether oxygens (including phenoxy) is 1. The van der Waals surface area contributed by atoms with Crippen LogP contribution in [0.15, 0.2) is 47.5 Å². The summed E-state index contributed by atoms with van der Waals surface area (Å²) in [6.07, 6.45) is 6.16. The molecule has 49 heavy (non-hydrogen) atoms. The first-order valence-corrected chi connectivity index (χ1v) is 16.7. The summed E-state index contributed by atoms with van der Waals surface area (Å²) in [4.78, 5) is 56.0. The number of amides is 2. The number of hydrogen-bond acceptors (Lipinski definition) is 10. The molecule has 15 nitrogen and oxygen atoms in total. The van der Waals surface area contributed by atoms with E-state index in [1.165, 1.54) is 11.7 Å². The van der Waals surface area contributed by atoms with E-state index in [9.17, 15) is 24.5 Å². The Hall–Kier alpha value is -5.18. The first-order valence-electron chi connectivity index (χ1n) is 16.7. The number of imide groups is 1. The third-order valence-electron chi connectivity index (χ3n) is 10.3. The van der Waals surface area contributed by atoms with Gasteiger partial charge in [-0.25, -0.2) is 4.79 Å². The number of piperazine rings is 1. The summed E-state index contributed by atoms with van der Waals surface area (Å²) in [6, 6.07) is 8.65. The number of nitrogens with one attached hydrogen (secondary N) is 1. The fraction of sp³-hybridized carbons (Fsp3) is 0.471. The third kappa shape index (κ3) is 6.14. The van der Waals surface area contributed by atoms with Gasteiger partial charge in [0.25, 0.3) is 0 Å². The van der Waals surface area contributed by atoms with Crippen LogP contribution in [0.1, 0.15) is 31.7 Å². The zero-order valence-electron chi connectivity index (χ0n) is 28.0. The zero-order chi connectivity index (χ0) is 34.4. The summed E-state index contributed by atoms with van der Waals surface area (Å²) >= 11 is 0. The summed E-state index contributed by atoms with van der Waals surface area (Å²) in [5, 5.41) is 18.4. The molecule has 0 radical (unpaired) electrons. The molecule has 2 aromatic heterocycles. The van der Waals surface area contributed by atoms with Gasteiger partial charge in [0.2, 0.25) is 11.8 Å². The molecule has 0 aliphatic carbocycles. The molecule has 2 aromatic carbocycles. The summed E-state index contributed by atoms with van der Waals surface area (Å²) in [5.74, 6) is 0.0567. The highest BCUT2D eigenvalue weighted by molar-refractivity contribution is 6.00. The molecule has 5 heterocycles. The molecule has 3 aliphatic rings. The Balaban J connectivity index is 0.983. The Labute approximate surface area is 282 Å². The molecule has 7 rings (SSSR count). The van der Waals surface area contributed by atoms with Gasteiger partial charge in [0.15, 0.2) is 5.75 Å². The molecule has 3 aliphatic heterocycles. The normalized spacial score (nSPS) is 19.4. The molecule has 0 spiro atoms. The maximum Gasteiger partial charge on any atom is 0.329 e. The second-order valence-electron chi connectivity index (χ2n) is 13.3. The Bertz CT molecular complexity index is 1980. The highest BCUT2D eigenvalue weighted by Gasteiger charge is 2.32. The number of aryl methyl sites for hydroxylation is 2. The highest BCUT2D eigenvalue weighted by Crippen LogP contribution is 2.41. The van der Waals surface area contributed by atoms with Crippen LogP contribution in [0.5, 0.6) is 5.75 Å². The maximum absolute atomic E-state index is 13.2. The average Bonchev–Trinajstić information content (AvgIpc) is 3.64. The number of fused-ring (bicyclic) bond motifs is 1. The number of benzene rings is 2. The quantitative estimate of drug-likeness (QED) is 0.168. The van der Waals surface area contributed by atoms with Crippen molar-refractivity contribution in [3.05, 3.63) is 63.3 Å². The molecule has 2 amide bonds. The van der Waals surface area contributed by atoms with E-state index >= 15 is 0 Å². The van der Waals surface area contributed by atoms with E-state index in [4.69, 9.17) is 4.74 Å². The van der Waals surface area contributed by atoms with Crippen molar-refractivity contribution in [3.63, 3.8) is 0 Å². The van der Waals surface area contributed by atoms with Gasteiger partial charge in [-0.2, -0.15) is 5.10 Å². The van der Waals surface area contributed by atoms with Gasteiger partial charge < -0.3 is 14.5 Å². The second-order valence-corrected chi connectivity index (χ2v) is 13.3. The lowest BCUT2D eigenvalue weighted by atomic mass is 9.94. The number of nitro benzene ring substituents is 1. The minimum absolute atomic E-state index is 0.0614. The zero-order valence-corrected chi connectivity index (χ0v) is 28.0. The maximum atomic E-state index is 13.2. The number of nitro groups is 1. The molecule has 3 fully saturated rings. The minimum atomic E-state index is -0.699. The van der Waals surface area contributed by atoms with Crippen molar-refractivity contribution in [2.24, 2.45) is 20.0 Å². The van der Waals surface area contributed by atoms with Crippen LogP contribution in [0.4, 0.5) is 17.1 Å². The van der Waals surface area contributed by atoms with Crippen molar-refractivity contribution < 1.29 is 19.2 Å². The lowest BCUT2D eigenvalue weighted by Crippen LogP contribution is -2.49. The Morgan fingerprint density at radius 1 is 0.959 bits per heavy atom. The van der Waals surface area contributed by atoms with Crippen LogP contribution in [0.25, 0.3) is 22.2 Å². The Morgan fingerprint density at radius 3 is 2.37 bits per heavy atom. The average molecular weight is 672 g/mol. The standard InChI is InChI=1S/C34H41N9O6/c1-37-21-23(19-35-37)25-17-30(43(47)48)31(49-3)18-28(25)41-10-8-22(9-11-41)20-39-12-14-40(15-13-39)24-4-5-26-29(16-24)38(2)34(46)42(26)27-6-7-32(44)36-33(27)45/h4-5,16-19,21-22,27H,6-15,20H2,1-3H3,(H,36,44,45). The van der Waals surface area contributed by atoms with Crippen LogP contribution in [0.2, 0.25) is 0 Å². The number of methoxy groups -OCH3 is 1. The molecule has 1 N–H and O–H groups in total. The molecule has 4 aromatic rings. The van der Waals surface area contributed by atoms with Crippen LogP contribution in [0, 0.1) is 16.0 Å². The van der Waals surface area contributed by atoms with E-state index in [2.05, 4.69) is 25.1 Å². The molecule has 1 atom stereocenters. The molecular weight excluding hydrogens is 630 g/mol. The highest BCUT2D eigenvalue weighted by atomic mass is 16.6. The summed E-state index contributed by atoms with van der Waals surface area (Å²) in [6.45, 7) is 6.29. The number of carbonyl (C=O) groups is 2. The topological polar surface area (TPSA) is 153 Å². The van der Waals surface area contributed by atoms with Crippen molar-refractivity contribution in [2.75, 3.05) is 62.7 Å². The third-order valence-corrected chi connectivity index (χ3v) is 10.3. The minimum Gasteiger partial charge on any atom is -0.490 e. The van der Waals surface area contributed by atoms with Gasteiger partial charge in [0.1, 0.15) is 6.04 Å². The number of hydrogen-bond donors (Lipinski definition) is 1. The fourth-order valence-corrected chi connectivity index (χ4v) is 7.61. The molecule has 3 saturated heterocycles. The van der Waals surface area contributed by atoms with Crippen LogP contribution in [-0.2, 0) is 23.7 Å². The molecule has 15 heteroatoms. The molecular formula is C34H41N9O6. The first-order chi connectivity index (χ1) is 23.6. The van der Waals surface area contributed by atoms with Gasteiger partial charge in [-0.05, 0) is 43.4 Å². The number of carbonyl (C=O) groups excluding carboxylic acids is 2. The molecule has 0 saturated carbocycles. The predicted octanol–water partition coefficient (Wildman–Crippen LogP) is 2.67. The predicted molar refractivity (Wildman–Crippen MR) is 184 cm³/mol. The van der Waals surface area contributed by atoms with Gasteiger partial charge >= 0.3 is 11.4 Å². The molecule has 0 bridgehead atoms. The monoisotopic (exact) mass is 671 g/mol. The number of imidazole rings is 1. The smallest absolute Gasteiger partial charge is 0.329 e. The van der Waals surface area contributed by atoms with E-state index in [1.807, 2.05) is 31.4 Å². The number of piperidine rings is 2. The number of anilines is 2. The van der Waals surface area contributed by atoms with Crippen molar-refractivity contribution in [1.29, 1.82) is 0 Å².